The molecule has 3 heteroatoms. The first kappa shape index (κ1) is 14.3. The molecule has 0 N–H and O–H groups in total. The topological polar surface area (TPSA) is 35.5 Å². The van der Waals surface area contributed by atoms with Gasteiger partial charge in [-0.1, -0.05) is 31.9 Å². The molecule has 0 spiro atoms. The molecular weight excluding hydrogens is 228 g/mol. The van der Waals surface area contributed by atoms with E-state index >= 15 is 0 Å². The molecule has 0 aliphatic rings. The molecule has 0 heterocycles. The van der Waals surface area contributed by atoms with Crippen LogP contribution in [0.4, 0.5) is 0 Å². The normalized spacial score (nSPS) is 10.6. The van der Waals surface area contributed by atoms with Crippen LogP contribution in [0, 0.1) is 0 Å². The van der Waals surface area contributed by atoms with Crippen molar-refractivity contribution in [2.24, 2.45) is 0 Å². The van der Waals surface area contributed by atoms with Crippen molar-refractivity contribution in [2.75, 3.05) is 14.2 Å². The van der Waals surface area contributed by atoms with Crippen molar-refractivity contribution in [1.82, 2.24) is 0 Å². The van der Waals surface area contributed by atoms with Gasteiger partial charge in [0.05, 0.1) is 14.2 Å². The molecule has 98 valence electrons. The van der Waals surface area contributed by atoms with E-state index < -0.39 is 0 Å². The highest BCUT2D eigenvalue weighted by atomic mass is 16.5. The largest absolute Gasteiger partial charge is 0.496 e. The first-order valence-electron chi connectivity index (χ1n) is 6.16. The Hall–Kier alpha value is -1.77. The summed E-state index contributed by atoms with van der Waals surface area (Å²) in [4.78, 5) is 12.1. The Morgan fingerprint density at radius 1 is 1.22 bits per heavy atom. The fraction of sp³-hybridized carbons (Fsp3) is 0.400. The number of ether oxygens (including phenoxy) is 2. The third kappa shape index (κ3) is 3.62. The molecule has 0 unspecified atom stereocenters. The second-order valence-corrected chi connectivity index (χ2v) is 3.95. The summed E-state index contributed by atoms with van der Waals surface area (Å²) in [7, 11) is 3.10. The van der Waals surface area contributed by atoms with E-state index in [1.165, 1.54) is 0 Å². The lowest BCUT2D eigenvalue weighted by Gasteiger charge is -2.10. The predicted molar refractivity (Wildman–Crippen MR) is 72.5 cm³/mol. The van der Waals surface area contributed by atoms with Gasteiger partial charge in [0, 0.05) is 0 Å². The second kappa shape index (κ2) is 7.54. The maximum atomic E-state index is 12.1. The number of carbonyl (C=O) groups is 1. The molecule has 0 aliphatic heterocycles. The van der Waals surface area contributed by atoms with E-state index in [4.69, 9.17) is 9.47 Å². The average Bonchev–Trinajstić information content (AvgIpc) is 2.42. The molecule has 1 rings (SSSR count). The van der Waals surface area contributed by atoms with Gasteiger partial charge in [-0.05, 0) is 24.6 Å². The van der Waals surface area contributed by atoms with Gasteiger partial charge in [-0.3, -0.25) is 4.79 Å². The third-order valence-corrected chi connectivity index (χ3v) is 2.67. The van der Waals surface area contributed by atoms with E-state index in [2.05, 4.69) is 6.92 Å². The maximum absolute atomic E-state index is 12.1. The van der Waals surface area contributed by atoms with Crippen LogP contribution in [0.15, 0.2) is 30.4 Å². The van der Waals surface area contributed by atoms with Gasteiger partial charge in [-0.2, -0.15) is 0 Å². The van der Waals surface area contributed by atoms with E-state index in [0.717, 1.165) is 19.3 Å². The van der Waals surface area contributed by atoms with E-state index in [1.807, 2.05) is 6.08 Å². The zero-order valence-electron chi connectivity index (χ0n) is 11.2. The highest BCUT2D eigenvalue weighted by Gasteiger charge is 2.15. The summed E-state index contributed by atoms with van der Waals surface area (Å²) in [6.07, 6.45) is 6.62. The van der Waals surface area contributed by atoms with Crippen molar-refractivity contribution in [3.8, 4) is 11.5 Å². The number of allylic oxidation sites excluding steroid dienone is 2. The van der Waals surface area contributed by atoms with Crippen LogP contribution in [0.3, 0.4) is 0 Å². The smallest absolute Gasteiger partial charge is 0.193 e. The van der Waals surface area contributed by atoms with Crippen LogP contribution in [-0.2, 0) is 0 Å². The number of hydrogen-bond donors (Lipinski definition) is 0. The fourth-order valence-electron chi connectivity index (χ4n) is 1.69. The zero-order valence-corrected chi connectivity index (χ0v) is 11.2. The zero-order chi connectivity index (χ0) is 13.4. The molecule has 0 amide bonds. The lowest BCUT2D eigenvalue weighted by atomic mass is 10.1. The number of unbranched alkanes of at least 4 members (excludes halogenated alkanes) is 2. The first-order valence-corrected chi connectivity index (χ1v) is 6.16. The van der Waals surface area contributed by atoms with Crippen LogP contribution < -0.4 is 9.47 Å². The molecular formula is C15H20O3. The lowest BCUT2D eigenvalue weighted by molar-refractivity contribution is 0.104. The standard InChI is InChI=1S/C15H20O3/c1-4-5-6-7-9-12(16)15-13(17-2)10-8-11-14(15)18-3/h7-11H,4-6H2,1-3H3. The number of carbonyl (C=O) groups excluding carboxylic acids is 1. The van der Waals surface area contributed by atoms with E-state index in [-0.39, 0.29) is 5.78 Å². The summed E-state index contributed by atoms with van der Waals surface area (Å²) < 4.78 is 10.4. The number of methoxy groups -OCH3 is 2. The fourth-order valence-corrected chi connectivity index (χ4v) is 1.69. The quantitative estimate of drug-likeness (QED) is 0.420. The molecule has 1 aromatic rings. The van der Waals surface area contributed by atoms with Crippen molar-refractivity contribution in [1.29, 1.82) is 0 Å². The molecule has 0 aliphatic carbocycles. The molecule has 0 atom stereocenters. The van der Waals surface area contributed by atoms with E-state index in [0.29, 0.717) is 17.1 Å². The SMILES string of the molecule is CCCCC=CC(=O)c1c(OC)cccc1OC. The van der Waals surface area contributed by atoms with Crippen LogP contribution >= 0.6 is 0 Å². The van der Waals surface area contributed by atoms with Crippen molar-refractivity contribution in [3.05, 3.63) is 35.9 Å². The minimum absolute atomic E-state index is 0.0830. The van der Waals surface area contributed by atoms with Crippen LogP contribution in [-0.4, -0.2) is 20.0 Å². The number of hydrogen-bond acceptors (Lipinski definition) is 3. The van der Waals surface area contributed by atoms with Gasteiger partial charge in [0.2, 0.25) is 0 Å². The van der Waals surface area contributed by atoms with Crippen molar-refractivity contribution in [2.45, 2.75) is 26.2 Å². The minimum Gasteiger partial charge on any atom is -0.496 e. The Bertz CT molecular complexity index is 399. The molecule has 18 heavy (non-hydrogen) atoms. The van der Waals surface area contributed by atoms with Gasteiger partial charge in [0.25, 0.3) is 0 Å². The van der Waals surface area contributed by atoms with Gasteiger partial charge < -0.3 is 9.47 Å². The summed E-state index contributed by atoms with van der Waals surface area (Å²) in [6.45, 7) is 2.12. The maximum Gasteiger partial charge on any atom is 0.193 e. The molecule has 0 fully saturated rings. The van der Waals surface area contributed by atoms with Crippen molar-refractivity contribution < 1.29 is 14.3 Å². The summed E-state index contributed by atoms with van der Waals surface area (Å²) in [6, 6.07) is 5.32. The predicted octanol–water partition coefficient (Wildman–Crippen LogP) is 3.63. The van der Waals surface area contributed by atoms with Crippen LogP contribution in [0.25, 0.3) is 0 Å². The molecule has 0 saturated heterocycles. The minimum atomic E-state index is -0.0830. The molecule has 1 aromatic carbocycles. The lowest BCUT2D eigenvalue weighted by Crippen LogP contribution is -2.02. The van der Waals surface area contributed by atoms with Crippen LogP contribution in [0.5, 0.6) is 11.5 Å². The number of rotatable bonds is 7. The Morgan fingerprint density at radius 2 is 1.83 bits per heavy atom. The van der Waals surface area contributed by atoms with Gasteiger partial charge in [0.1, 0.15) is 17.1 Å². The summed E-state index contributed by atoms with van der Waals surface area (Å²) >= 11 is 0. The molecule has 3 nitrogen and oxygen atoms in total. The molecule has 0 radical (unpaired) electrons. The summed E-state index contributed by atoms with van der Waals surface area (Å²) in [5.41, 5.74) is 0.482. The van der Waals surface area contributed by atoms with E-state index in [9.17, 15) is 4.79 Å². The Labute approximate surface area is 108 Å². The van der Waals surface area contributed by atoms with Crippen LogP contribution in [0.2, 0.25) is 0 Å². The highest BCUT2D eigenvalue weighted by molar-refractivity contribution is 6.08. The Morgan fingerprint density at radius 3 is 2.33 bits per heavy atom. The molecule has 0 bridgehead atoms. The second-order valence-electron chi connectivity index (χ2n) is 3.95. The van der Waals surface area contributed by atoms with Gasteiger partial charge >= 0.3 is 0 Å². The summed E-state index contributed by atoms with van der Waals surface area (Å²) in [5, 5.41) is 0. The number of ketones is 1. The van der Waals surface area contributed by atoms with E-state index in [1.54, 1.807) is 38.5 Å². The monoisotopic (exact) mass is 248 g/mol. The first-order chi connectivity index (χ1) is 8.74. The van der Waals surface area contributed by atoms with Gasteiger partial charge in [-0.25, -0.2) is 0 Å². The van der Waals surface area contributed by atoms with Crippen molar-refractivity contribution in [3.63, 3.8) is 0 Å². The Kier molecular flexibility index (Phi) is 5.98. The summed E-state index contributed by atoms with van der Waals surface area (Å²) in [5.74, 6) is 0.999. The third-order valence-electron chi connectivity index (χ3n) is 2.67. The van der Waals surface area contributed by atoms with Crippen molar-refractivity contribution >= 4 is 5.78 Å². The number of benzene rings is 1. The average molecular weight is 248 g/mol. The molecule has 0 saturated carbocycles. The molecule has 0 aromatic heterocycles. The Balaban J connectivity index is 2.93. The van der Waals surface area contributed by atoms with Gasteiger partial charge in [0.15, 0.2) is 5.78 Å². The van der Waals surface area contributed by atoms with Crippen LogP contribution in [0.1, 0.15) is 36.5 Å². The van der Waals surface area contributed by atoms with Gasteiger partial charge in [-0.15, -0.1) is 0 Å². The highest BCUT2D eigenvalue weighted by Crippen LogP contribution is 2.28.